The van der Waals surface area contributed by atoms with Gasteiger partial charge in [-0.05, 0) is 77.1 Å². The number of unbranched alkanes of at least 4 members (excludes halogenated alkanes) is 3. The van der Waals surface area contributed by atoms with E-state index in [1.54, 1.807) is 30.3 Å². The van der Waals surface area contributed by atoms with Crippen LogP contribution in [0.25, 0.3) is 0 Å². The minimum atomic E-state index is -2.10. The van der Waals surface area contributed by atoms with Crippen LogP contribution >= 0.6 is 0 Å². The second-order valence-corrected chi connectivity index (χ2v) is 24.8. The number of carbonyl (C=O) groups excluding carboxylic acids is 7. The number of hydrogen-bond acceptors (Lipinski definition) is 32. The third-order valence-corrected chi connectivity index (χ3v) is 16.5. The van der Waals surface area contributed by atoms with Gasteiger partial charge in [-0.15, -0.1) is 0 Å². The van der Waals surface area contributed by atoms with Gasteiger partial charge in [-0.2, -0.15) is 0 Å². The summed E-state index contributed by atoms with van der Waals surface area (Å²) >= 11 is 0. The van der Waals surface area contributed by atoms with Gasteiger partial charge in [0.2, 0.25) is 41.4 Å². The molecule has 103 heavy (non-hydrogen) atoms. The zero-order valence-electron chi connectivity index (χ0n) is 57.2. The summed E-state index contributed by atoms with van der Waals surface area (Å²) in [5.74, 6) is -8.50. The summed E-state index contributed by atoms with van der Waals surface area (Å²) in [6.45, 7) is -8.83. The van der Waals surface area contributed by atoms with Crippen LogP contribution < -0.4 is 42.5 Å². The molecule has 30 N–H and O–H groups in total. The average Bonchev–Trinajstić information content (AvgIpc) is 0.888. The van der Waals surface area contributed by atoms with Crippen molar-refractivity contribution < 1.29 is 155 Å². The van der Waals surface area contributed by atoms with Crippen molar-refractivity contribution in [3.63, 3.8) is 0 Å². The Kier molecular flexibility index (Phi) is 47.4. The smallest absolute Gasteiger partial charge is 0.326 e. The van der Waals surface area contributed by atoms with Crippen LogP contribution in [0.4, 0.5) is 0 Å². The van der Waals surface area contributed by atoms with E-state index in [-0.39, 0.29) is 90.3 Å². The van der Waals surface area contributed by atoms with Gasteiger partial charge < -0.3 is 155 Å². The van der Waals surface area contributed by atoms with Crippen LogP contribution in [0.3, 0.4) is 0 Å². The Bertz CT molecular complexity index is 2580. The number of aliphatic hydroxyl groups excluding tert-OH is 20. The lowest BCUT2D eigenvalue weighted by atomic mass is 10.0. The minimum absolute atomic E-state index is 0.0149. The summed E-state index contributed by atoms with van der Waals surface area (Å²) in [6.07, 6.45) is -32.8. The van der Waals surface area contributed by atoms with E-state index in [0.717, 1.165) is 0 Å². The molecule has 0 heterocycles. The first-order valence-electron chi connectivity index (χ1n) is 33.5. The molecule has 0 unspecified atom stereocenters. The van der Waals surface area contributed by atoms with E-state index in [1.807, 2.05) is 0 Å². The van der Waals surface area contributed by atoms with Crippen molar-refractivity contribution >= 4 is 53.3 Å². The molecular weight excluding hydrogens is 1380 g/mol. The molecule has 0 spiro atoms. The molecular formula is C62H110N10O31. The highest BCUT2D eigenvalue weighted by Gasteiger charge is 2.38. The first-order chi connectivity index (χ1) is 48.6. The first-order valence-corrected chi connectivity index (χ1v) is 33.5. The molecule has 1 aromatic rings. The topological polar surface area (TPSA) is 701 Å². The van der Waals surface area contributed by atoms with Gasteiger partial charge in [-0.3, -0.25) is 48.2 Å². The number of carbonyl (C=O) groups is 9. The van der Waals surface area contributed by atoms with Gasteiger partial charge in [-0.1, -0.05) is 36.8 Å². The number of benzene rings is 1. The molecule has 41 nitrogen and oxygen atoms in total. The molecule has 0 bridgehead atoms. The van der Waals surface area contributed by atoms with Gasteiger partial charge in [0, 0.05) is 52.0 Å². The first kappa shape index (κ1) is 94.5. The maximum Gasteiger partial charge on any atom is 0.326 e. The fraction of sp³-hybridized carbons (Fsp3) is 0.758. The molecule has 0 aliphatic carbocycles. The Morgan fingerprint density at radius 1 is 0.369 bits per heavy atom. The predicted molar refractivity (Wildman–Crippen MR) is 354 cm³/mol. The second-order valence-electron chi connectivity index (χ2n) is 24.8. The molecule has 0 aliphatic heterocycles. The molecule has 0 aromatic heterocycles. The van der Waals surface area contributed by atoms with Crippen molar-refractivity contribution in [3.05, 3.63) is 35.9 Å². The van der Waals surface area contributed by atoms with Crippen molar-refractivity contribution in [2.45, 2.75) is 199 Å². The van der Waals surface area contributed by atoms with E-state index in [2.05, 4.69) is 42.5 Å². The third kappa shape index (κ3) is 37.4. The van der Waals surface area contributed by atoms with Gasteiger partial charge in [0.25, 0.3) is 0 Å². The second kappa shape index (κ2) is 51.7. The lowest BCUT2D eigenvalue weighted by molar-refractivity contribution is -0.142. The van der Waals surface area contributed by atoms with Crippen LogP contribution in [0.15, 0.2) is 30.3 Å². The van der Waals surface area contributed by atoms with Crippen molar-refractivity contribution in [2.24, 2.45) is 0 Å². The van der Waals surface area contributed by atoms with Crippen molar-refractivity contribution in [1.29, 1.82) is 0 Å². The highest BCUT2D eigenvalue weighted by molar-refractivity contribution is 5.93. The van der Waals surface area contributed by atoms with Gasteiger partial charge in [-0.25, -0.2) is 4.79 Å². The number of aliphatic carboxylic acids is 2. The fourth-order valence-electron chi connectivity index (χ4n) is 10.2. The Morgan fingerprint density at radius 3 is 1.14 bits per heavy atom. The zero-order valence-corrected chi connectivity index (χ0v) is 57.2. The van der Waals surface area contributed by atoms with Crippen molar-refractivity contribution in [3.8, 4) is 0 Å². The standard InChI is InChI=1S/C62H110N10O31/c1-63-34(13-6-9-19-71(25-38(77)51(91)55(95)42(81)29-73)26-39(78)52(92)56(96)43(82)30-74)60(100)69-35(61(101)70-36(62(102)103)15-7-10-20-72(27-40(79)53(93)57(97)44(83)31-75)28-41(80)54(94)58(98)45(84)32-76)14-5-8-18-64-46(85)16-17-47(86)65-22-48(87)66-23-49(88)68-37(59(99)67-24-50(89)90)21-33-11-3-2-4-12-33/h2-4,11-12,34-45,51-58,63,73-84,91-98H,5-10,13-32H2,1H3,(H,64,85)(H,65,86)(H,66,87)(H,67,99)(H,68,88)(H,69,100)(H,70,101)(H,89,90)(H,102,103)/t34-,35-,36-,37-,38-,39-,40-,41-,42+,43+,44+,45+,51+,52+,53+,54+,55+,56+,57+,58+/m0/s1. The third-order valence-electron chi connectivity index (χ3n) is 16.5. The molecule has 594 valence electrons. The number of rotatable bonds is 58. The van der Waals surface area contributed by atoms with Crippen LogP contribution in [0.2, 0.25) is 0 Å². The van der Waals surface area contributed by atoms with Crippen LogP contribution in [0.5, 0.6) is 0 Å². The number of carboxylic acids is 2. The number of nitrogens with zero attached hydrogens (tertiary/aromatic N) is 2. The van der Waals surface area contributed by atoms with E-state index in [0.29, 0.717) is 5.56 Å². The summed E-state index contributed by atoms with van der Waals surface area (Å²) in [4.78, 5) is 118. The molecule has 0 saturated heterocycles. The molecule has 0 fully saturated rings. The molecule has 1 aromatic carbocycles. The number of amides is 7. The highest BCUT2D eigenvalue weighted by atomic mass is 16.4. The van der Waals surface area contributed by atoms with E-state index >= 15 is 0 Å². The summed E-state index contributed by atoms with van der Waals surface area (Å²) in [7, 11) is 1.39. The summed E-state index contributed by atoms with van der Waals surface area (Å²) in [6, 6.07) is 2.97. The number of likely N-dealkylation sites (N-methyl/N-ethyl adjacent to an activating group) is 1. The molecule has 0 saturated carbocycles. The van der Waals surface area contributed by atoms with Crippen LogP contribution in [-0.2, 0) is 49.6 Å². The van der Waals surface area contributed by atoms with Crippen molar-refractivity contribution in [2.75, 3.05) is 98.9 Å². The van der Waals surface area contributed by atoms with Gasteiger partial charge >= 0.3 is 11.9 Å². The van der Waals surface area contributed by atoms with Crippen molar-refractivity contribution in [1.82, 2.24) is 52.3 Å². The quantitative estimate of drug-likeness (QED) is 0.0269. The number of hydrogen-bond donors (Lipinski definition) is 30. The molecule has 7 amide bonds. The van der Waals surface area contributed by atoms with Gasteiger partial charge in [0.15, 0.2) is 0 Å². The lowest BCUT2D eigenvalue weighted by Crippen LogP contribution is -2.55. The normalized spacial score (nSPS) is 17.7. The largest absolute Gasteiger partial charge is 0.480 e. The Labute approximate surface area is 593 Å². The molecule has 41 heteroatoms. The van der Waals surface area contributed by atoms with Gasteiger partial charge in [0.05, 0.1) is 70.0 Å². The van der Waals surface area contributed by atoms with Crippen LogP contribution in [0, 0.1) is 0 Å². The Balaban J connectivity index is 3.27. The SMILES string of the molecule is CN[C@@H](CCCCN(C[C@H](O)[C@@H](O)[C@H](O)[C@H](O)CO)C[C@H](O)[C@@H](O)[C@H](O)[C@H](O)CO)C(=O)N[C@@H](CCCCNC(=O)CCC(=O)NCC(=O)NCC(=O)N[C@@H](Cc1ccccc1)C(=O)NCC(=O)O)C(=O)N[C@@H](CCCCN(C[C@H](O)[C@@H](O)[C@H](O)[C@H](O)CO)C[C@H](O)[C@@H](O)[C@H](O)[C@H](O)CO)C(=O)O. The van der Waals surface area contributed by atoms with E-state index in [9.17, 15) is 150 Å². The maximum atomic E-state index is 14.1. The molecule has 20 atom stereocenters. The predicted octanol–water partition coefficient (Wildman–Crippen LogP) is -14.5. The maximum absolute atomic E-state index is 14.1. The Hall–Kier alpha value is -6.47. The number of nitrogens with one attached hydrogen (secondary N) is 8. The highest BCUT2D eigenvalue weighted by Crippen LogP contribution is 2.17. The summed E-state index contributed by atoms with van der Waals surface area (Å²) < 4.78 is 0. The average molecular weight is 1490 g/mol. The van der Waals surface area contributed by atoms with E-state index in [1.165, 1.54) is 16.8 Å². The molecule has 0 aliphatic rings. The summed E-state index contributed by atoms with van der Waals surface area (Å²) in [5.41, 5.74) is 0.634. The van der Waals surface area contributed by atoms with Gasteiger partial charge in [0.1, 0.15) is 97.9 Å². The molecule has 1 rings (SSSR count). The summed E-state index contributed by atoms with van der Waals surface area (Å²) in [5, 5.41) is 241. The van der Waals surface area contributed by atoms with E-state index in [4.69, 9.17) is 5.11 Å². The van der Waals surface area contributed by atoms with Crippen LogP contribution in [-0.4, -0.2) is 396 Å². The number of carboxylic acid groups (broad SMARTS) is 2. The minimum Gasteiger partial charge on any atom is -0.480 e. The Morgan fingerprint density at radius 2 is 0.728 bits per heavy atom. The lowest BCUT2D eigenvalue weighted by Gasteiger charge is -2.33. The van der Waals surface area contributed by atoms with Crippen LogP contribution in [0.1, 0.15) is 76.2 Å². The zero-order chi connectivity index (χ0) is 78.1. The van der Waals surface area contributed by atoms with E-state index < -0.39 is 254 Å². The number of aliphatic hydroxyl groups is 20. The molecule has 0 radical (unpaired) electrons. The fourth-order valence-corrected chi connectivity index (χ4v) is 10.2. The monoisotopic (exact) mass is 1490 g/mol.